The fraction of sp³-hybridized carbons (Fsp3) is 0.143. The molecule has 0 aliphatic rings. The Bertz CT molecular complexity index is 434. The van der Waals surface area contributed by atoms with Crippen LogP contribution in [0.2, 0.25) is 0 Å². The molecular weight excluding hydrogens is 219 g/mol. The van der Waals surface area contributed by atoms with Crippen LogP contribution in [-0.4, -0.2) is 0 Å². The lowest BCUT2D eigenvalue weighted by molar-refractivity contribution is 0.617. The van der Waals surface area contributed by atoms with Crippen molar-refractivity contribution < 1.29 is 4.39 Å². The highest BCUT2D eigenvalue weighted by Gasteiger charge is 2.02. The van der Waals surface area contributed by atoms with Gasteiger partial charge in [-0.15, -0.1) is 11.8 Å². The Balaban J connectivity index is 2.09. The van der Waals surface area contributed by atoms with E-state index in [2.05, 4.69) is 19.1 Å². The van der Waals surface area contributed by atoms with Crippen LogP contribution in [0.4, 0.5) is 4.39 Å². The summed E-state index contributed by atoms with van der Waals surface area (Å²) >= 11 is 1.67. The predicted octanol–water partition coefficient (Wildman–Crippen LogP) is 4.43. The lowest BCUT2D eigenvalue weighted by atomic mass is 10.2. The second-order valence-electron chi connectivity index (χ2n) is 3.65. The Labute approximate surface area is 99.5 Å². The SMILES string of the molecule is Cc1ccccc1SCc1ccccc1F. The number of hydrogen-bond donors (Lipinski definition) is 0. The van der Waals surface area contributed by atoms with Crippen LogP contribution in [0.25, 0.3) is 0 Å². The number of hydrogen-bond acceptors (Lipinski definition) is 1. The lowest BCUT2D eigenvalue weighted by Gasteiger charge is -2.05. The molecule has 0 aliphatic carbocycles. The molecule has 2 aromatic carbocycles. The van der Waals surface area contributed by atoms with Gasteiger partial charge in [0.25, 0.3) is 0 Å². The summed E-state index contributed by atoms with van der Waals surface area (Å²) in [7, 11) is 0. The van der Waals surface area contributed by atoms with E-state index in [0.29, 0.717) is 5.75 Å². The zero-order chi connectivity index (χ0) is 11.4. The maximum Gasteiger partial charge on any atom is 0.127 e. The first-order chi connectivity index (χ1) is 7.77. The third kappa shape index (κ3) is 2.64. The average molecular weight is 232 g/mol. The van der Waals surface area contributed by atoms with Crippen molar-refractivity contribution in [1.82, 2.24) is 0 Å². The Kier molecular flexibility index (Phi) is 3.62. The third-order valence-electron chi connectivity index (χ3n) is 2.43. The van der Waals surface area contributed by atoms with Crippen LogP contribution in [0, 0.1) is 12.7 Å². The summed E-state index contributed by atoms with van der Waals surface area (Å²) < 4.78 is 13.4. The summed E-state index contributed by atoms with van der Waals surface area (Å²) in [5.74, 6) is 0.556. The Morgan fingerprint density at radius 2 is 1.69 bits per heavy atom. The summed E-state index contributed by atoms with van der Waals surface area (Å²) in [6, 6.07) is 15.1. The van der Waals surface area contributed by atoms with Gasteiger partial charge in [0.15, 0.2) is 0 Å². The molecule has 0 bridgehead atoms. The highest BCUT2D eigenvalue weighted by Crippen LogP contribution is 2.26. The highest BCUT2D eigenvalue weighted by atomic mass is 32.2. The molecular formula is C14H13FS. The standard InChI is InChI=1S/C14H13FS/c1-11-6-2-5-9-14(11)16-10-12-7-3-4-8-13(12)15/h2-9H,10H2,1H3. The first kappa shape index (κ1) is 11.2. The fourth-order valence-corrected chi connectivity index (χ4v) is 2.50. The maximum absolute atomic E-state index is 13.4. The largest absolute Gasteiger partial charge is 0.207 e. The topological polar surface area (TPSA) is 0 Å². The van der Waals surface area contributed by atoms with Crippen molar-refractivity contribution in [1.29, 1.82) is 0 Å². The van der Waals surface area contributed by atoms with Crippen LogP contribution < -0.4 is 0 Å². The first-order valence-corrected chi connectivity index (χ1v) is 6.18. The van der Waals surface area contributed by atoms with Gasteiger partial charge >= 0.3 is 0 Å². The van der Waals surface area contributed by atoms with Crippen LogP contribution in [0.1, 0.15) is 11.1 Å². The normalized spacial score (nSPS) is 10.4. The quantitative estimate of drug-likeness (QED) is 0.706. The second kappa shape index (κ2) is 5.17. The summed E-state index contributed by atoms with van der Waals surface area (Å²) in [5, 5.41) is 0. The van der Waals surface area contributed by atoms with Crippen molar-refractivity contribution in [2.75, 3.05) is 0 Å². The van der Waals surface area contributed by atoms with E-state index in [4.69, 9.17) is 0 Å². The molecule has 0 saturated heterocycles. The summed E-state index contributed by atoms with van der Waals surface area (Å²) in [6.45, 7) is 2.07. The van der Waals surface area contributed by atoms with Gasteiger partial charge in [0.2, 0.25) is 0 Å². The minimum Gasteiger partial charge on any atom is -0.207 e. The lowest BCUT2D eigenvalue weighted by Crippen LogP contribution is -1.87. The zero-order valence-corrected chi connectivity index (χ0v) is 9.93. The van der Waals surface area contributed by atoms with E-state index in [1.54, 1.807) is 17.8 Å². The summed E-state index contributed by atoms with van der Waals surface area (Å²) in [6.07, 6.45) is 0. The number of thioether (sulfide) groups is 1. The number of aryl methyl sites for hydroxylation is 1. The molecule has 2 aromatic rings. The Morgan fingerprint density at radius 1 is 1.00 bits per heavy atom. The third-order valence-corrected chi connectivity index (χ3v) is 3.66. The molecule has 0 unspecified atom stereocenters. The Morgan fingerprint density at radius 3 is 2.44 bits per heavy atom. The smallest absolute Gasteiger partial charge is 0.127 e. The van der Waals surface area contributed by atoms with Crippen molar-refractivity contribution in [2.24, 2.45) is 0 Å². The molecule has 82 valence electrons. The van der Waals surface area contributed by atoms with Gasteiger partial charge in [0, 0.05) is 10.6 Å². The molecule has 0 atom stereocenters. The van der Waals surface area contributed by atoms with Crippen LogP contribution in [0.3, 0.4) is 0 Å². The minimum atomic E-state index is -0.122. The number of benzene rings is 2. The molecule has 2 rings (SSSR count). The van der Waals surface area contributed by atoms with E-state index in [-0.39, 0.29) is 5.82 Å². The maximum atomic E-state index is 13.4. The molecule has 0 N–H and O–H groups in total. The van der Waals surface area contributed by atoms with E-state index in [0.717, 1.165) is 5.56 Å². The van der Waals surface area contributed by atoms with Gasteiger partial charge in [-0.05, 0) is 30.2 Å². The van der Waals surface area contributed by atoms with Crippen LogP contribution in [0.5, 0.6) is 0 Å². The predicted molar refractivity (Wildman–Crippen MR) is 67.1 cm³/mol. The van der Waals surface area contributed by atoms with Gasteiger partial charge in [-0.25, -0.2) is 4.39 Å². The first-order valence-electron chi connectivity index (χ1n) is 5.19. The van der Waals surface area contributed by atoms with Gasteiger partial charge in [-0.1, -0.05) is 36.4 Å². The summed E-state index contributed by atoms with van der Waals surface area (Å²) in [4.78, 5) is 1.21. The highest BCUT2D eigenvalue weighted by molar-refractivity contribution is 7.98. The van der Waals surface area contributed by atoms with E-state index >= 15 is 0 Å². The van der Waals surface area contributed by atoms with Gasteiger partial charge in [-0.2, -0.15) is 0 Å². The molecule has 2 heteroatoms. The minimum absolute atomic E-state index is 0.122. The van der Waals surface area contributed by atoms with Gasteiger partial charge in [0.1, 0.15) is 5.82 Å². The fourth-order valence-electron chi connectivity index (χ4n) is 1.49. The molecule has 0 aliphatic heterocycles. The van der Waals surface area contributed by atoms with Crippen molar-refractivity contribution in [3.8, 4) is 0 Å². The molecule has 0 nitrogen and oxygen atoms in total. The van der Waals surface area contributed by atoms with Crippen molar-refractivity contribution in [3.63, 3.8) is 0 Å². The van der Waals surface area contributed by atoms with E-state index < -0.39 is 0 Å². The van der Waals surface area contributed by atoms with Crippen molar-refractivity contribution in [2.45, 2.75) is 17.6 Å². The van der Waals surface area contributed by atoms with E-state index in [1.165, 1.54) is 16.5 Å². The average Bonchev–Trinajstić information content (AvgIpc) is 2.30. The molecule has 0 radical (unpaired) electrons. The van der Waals surface area contributed by atoms with Crippen molar-refractivity contribution >= 4 is 11.8 Å². The van der Waals surface area contributed by atoms with E-state index in [1.807, 2.05) is 24.3 Å². The molecule has 0 spiro atoms. The van der Waals surface area contributed by atoms with Gasteiger partial charge < -0.3 is 0 Å². The number of rotatable bonds is 3. The van der Waals surface area contributed by atoms with Gasteiger partial charge in [-0.3, -0.25) is 0 Å². The molecule has 0 saturated carbocycles. The van der Waals surface area contributed by atoms with Crippen LogP contribution in [0.15, 0.2) is 53.4 Å². The number of halogens is 1. The molecule has 0 aromatic heterocycles. The molecule has 0 amide bonds. The van der Waals surface area contributed by atoms with Crippen LogP contribution >= 0.6 is 11.8 Å². The molecule has 0 heterocycles. The molecule has 16 heavy (non-hydrogen) atoms. The van der Waals surface area contributed by atoms with Crippen molar-refractivity contribution in [3.05, 3.63) is 65.5 Å². The molecule has 0 fully saturated rings. The second-order valence-corrected chi connectivity index (χ2v) is 4.66. The monoisotopic (exact) mass is 232 g/mol. The van der Waals surface area contributed by atoms with E-state index in [9.17, 15) is 4.39 Å². The van der Waals surface area contributed by atoms with Gasteiger partial charge in [0.05, 0.1) is 0 Å². The van der Waals surface area contributed by atoms with Crippen LogP contribution in [-0.2, 0) is 5.75 Å². The zero-order valence-electron chi connectivity index (χ0n) is 9.11. The Hall–Kier alpha value is -1.28. The summed E-state index contributed by atoms with van der Waals surface area (Å²) in [5.41, 5.74) is 2.00.